The van der Waals surface area contributed by atoms with Gasteiger partial charge in [0.05, 0.1) is 15.3 Å². The number of benzene rings is 2. The van der Waals surface area contributed by atoms with E-state index in [-0.39, 0.29) is 17.3 Å². The molecule has 6 heteroatoms. The topological polar surface area (TPSA) is 50.3 Å². The van der Waals surface area contributed by atoms with Crippen molar-refractivity contribution in [2.24, 2.45) is 0 Å². The van der Waals surface area contributed by atoms with E-state index in [1.807, 2.05) is 12.1 Å². The third kappa shape index (κ3) is 4.41. The summed E-state index contributed by atoms with van der Waals surface area (Å²) in [6.45, 7) is 1.01. The van der Waals surface area contributed by atoms with Crippen LogP contribution in [0.3, 0.4) is 0 Å². The van der Waals surface area contributed by atoms with Crippen molar-refractivity contribution in [1.29, 1.82) is 0 Å². The number of aromatic nitrogens is 1. The molecule has 4 nitrogen and oxygen atoms in total. The van der Waals surface area contributed by atoms with Crippen LogP contribution in [-0.2, 0) is 16.3 Å². The number of hydrogen-bond donors (Lipinski definition) is 0. The Labute approximate surface area is 161 Å². The fourth-order valence-electron chi connectivity index (χ4n) is 2.87. The molecule has 0 bridgehead atoms. The highest BCUT2D eigenvalue weighted by Gasteiger charge is 2.18. The first-order valence-electron chi connectivity index (χ1n) is 8.31. The minimum atomic E-state index is -3.54. The van der Waals surface area contributed by atoms with Crippen molar-refractivity contribution in [3.8, 4) is 0 Å². The van der Waals surface area contributed by atoms with Gasteiger partial charge in [0.25, 0.3) is 0 Å². The third-order valence-corrected chi connectivity index (χ3v) is 5.92. The van der Waals surface area contributed by atoms with Gasteiger partial charge in [0.1, 0.15) is 0 Å². The standard InChI is InChI=1S/C20H22N2O2S.ClH/c1-22(2)13-7-10-16-8-6-9-17-14-19(15-21-20(16)17)25(23,24)18-11-4-3-5-12-18;/h3-6,8-9,11-12,14-15H,7,10,13H2,1-2H3;1H. The summed E-state index contributed by atoms with van der Waals surface area (Å²) in [7, 11) is 0.575. The summed E-state index contributed by atoms with van der Waals surface area (Å²) >= 11 is 0. The summed E-state index contributed by atoms with van der Waals surface area (Å²) in [5, 5.41) is 0.861. The predicted octanol–water partition coefficient (Wildman–Crippen LogP) is 3.98. The number of pyridine rings is 1. The molecule has 26 heavy (non-hydrogen) atoms. The maximum Gasteiger partial charge on any atom is 0.208 e. The summed E-state index contributed by atoms with van der Waals surface area (Å²) in [6.07, 6.45) is 3.44. The summed E-state index contributed by atoms with van der Waals surface area (Å²) in [4.78, 5) is 7.16. The van der Waals surface area contributed by atoms with Gasteiger partial charge in [-0.15, -0.1) is 12.4 Å². The molecular weight excluding hydrogens is 368 g/mol. The molecule has 0 spiro atoms. The van der Waals surface area contributed by atoms with E-state index in [0.717, 1.165) is 35.9 Å². The molecule has 0 N–H and O–H groups in total. The van der Waals surface area contributed by atoms with Gasteiger partial charge in [-0.25, -0.2) is 8.42 Å². The van der Waals surface area contributed by atoms with Crippen molar-refractivity contribution in [1.82, 2.24) is 9.88 Å². The van der Waals surface area contributed by atoms with Crippen molar-refractivity contribution >= 4 is 33.1 Å². The Morgan fingerprint density at radius 3 is 2.38 bits per heavy atom. The Hall–Kier alpha value is -1.95. The van der Waals surface area contributed by atoms with Crippen LogP contribution in [0.4, 0.5) is 0 Å². The maximum absolute atomic E-state index is 12.8. The molecule has 3 rings (SSSR count). The number of fused-ring (bicyclic) bond motifs is 1. The number of nitrogens with zero attached hydrogens (tertiary/aromatic N) is 2. The Morgan fingerprint density at radius 1 is 0.962 bits per heavy atom. The number of halogens is 1. The van der Waals surface area contributed by atoms with E-state index in [2.05, 4.69) is 30.0 Å². The van der Waals surface area contributed by atoms with E-state index in [9.17, 15) is 8.42 Å². The molecular formula is C20H23ClN2O2S. The number of rotatable bonds is 6. The Balaban J connectivity index is 0.00000243. The average Bonchev–Trinajstić information content (AvgIpc) is 2.62. The first kappa shape index (κ1) is 20.4. The normalized spacial score (nSPS) is 11.5. The van der Waals surface area contributed by atoms with Gasteiger partial charge in [-0.05, 0) is 57.2 Å². The molecule has 0 saturated heterocycles. The number of para-hydroxylation sites is 1. The van der Waals surface area contributed by atoms with Gasteiger partial charge < -0.3 is 4.90 Å². The van der Waals surface area contributed by atoms with E-state index in [0.29, 0.717) is 4.90 Å². The largest absolute Gasteiger partial charge is 0.309 e. The summed E-state index contributed by atoms with van der Waals surface area (Å²) in [5.74, 6) is 0. The van der Waals surface area contributed by atoms with Crippen molar-refractivity contribution in [3.63, 3.8) is 0 Å². The minimum Gasteiger partial charge on any atom is -0.309 e. The van der Waals surface area contributed by atoms with Gasteiger partial charge in [-0.3, -0.25) is 4.98 Å². The van der Waals surface area contributed by atoms with Crippen molar-refractivity contribution in [2.45, 2.75) is 22.6 Å². The predicted molar refractivity (Wildman–Crippen MR) is 108 cm³/mol. The lowest BCUT2D eigenvalue weighted by Gasteiger charge is -2.11. The lowest BCUT2D eigenvalue weighted by molar-refractivity contribution is 0.400. The lowest BCUT2D eigenvalue weighted by atomic mass is 10.1. The molecule has 0 unspecified atom stereocenters. The lowest BCUT2D eigenvalue weighted by Crippen LogP contribution is -2.13. The Kier molecular flexibility index (Phi) is 6.75. The van der Waals surface area contributed by atoms with Crippen LogP contribution in [-0.4, -0.2) is 38.9 Å². The average molecular weight is 391 g/mol. The summed E-state index contributed by atoms with van der Waals surface area (Å²) in [5.41, 5.74) is 2.04. The number of hydrogen-bond acceptors (Lipinski definition) is 4. The van der Waals surface area contributed by atoms with Crippen LogP contribution in [0.15, 0.2) is 70.6 Å². The van der Waals surface area contributed by atoms with Crippen LogP contribution in [0.1, 0.15) is 12.0 Å². The molecule has 0 amide bonds. The van der Waals surface area contributed by atoms with Gasteiger partial charge in [0.15, 0.2) is 0 Å². The number of aryl methyl sites for hydroxylation is 1. The quantitative estimate of drug-likeness (QED) is 0.638. The molecule has 2 aromatic carbocycles. The first-order valence-corrected chi connectivity index (χ1v) is 9.79. The van der Waals surface area contributed by atoms with Crippen molar-refractivity contribution in [3.05, 3.63) is 66.4 Å². The Bertz CT molecular complexity index is 974. The first-order chi connectivity index (χ1) is 12.0. The van der Waals surface area contributed by atoms with Gasteiger partial charge in [0.2, 0.25) is 9.84 Å². The molecule has 1 heterocycles. The van der Waals surface area contributed by atoms with Crippen LogP contribution >= 0.6 is 12.4 Å². The molecule has 0 atom stereocenters. The highest BCUT2D eigenvalue weighted by atomic mass is 35.5. The van der Waals surface area contributed by atoms with Crippen molar-refractivity contribution in [2.75, 3.05) is 20.6 Å². The minimum absolute atomic E-state index is 0. The molecule has 3 aromatic rings. The number of sulfone groups is 1. The van der Waals surface area contributed by atoms with Gasteiger partial charge in [-0.1, -0.05) is 36.4 Å². The highest BCUT2D eigenvalue weighted by molar-refractivity contribution is 7.91. The van der Waals surface area contributed by atoms with E-state index < -0.39 is 9.84 Å². The molecule has 0 aliphatic carbocycles. The van der Waals surface area contributed by atoms with E-state index in [1.54, 1.807) is 36.4 Å². The maximum atomic E-state index is 12.8. The second-order valence-electron chi connectivity index (χ2n) is 6.38. The molecule has 0 aliphatic heterocycles. The van der Waals surface area contributed by atoms with E-state index in [1.165, 1.54) is 6.20 Å². The highest BCUT2D eigenvalue weighted by Crippen LogP contribution is 2.25. The van der Waals surface area contributed by atoms with Gasteiger partial charge in [0, 0.05) is 11.6 Å². The zero-order valence-electron chi connectivity index (χ0n) is 14.9. The van der Waals surface area contributed by atoms with Crippen LogP contribution in [0, 0.1) is 0 Å². The molecule has 0 aliphatic rings. The van der Waals surface area contributed by atoms with Gasteiger partial charge >= 0.3 is 0 Å². The zero-order chi connectivity index (χ0) is 17.9. The van der Waals surface area contributed by atoms with Gasteiger partial charge in [-0.2, -0.15) is 0 Å². The Morgan fingerprint density at radius 2 is 1.69 bits per heavy atom. The third-order valence-electron chi connectivity index (χ3n) is 4.18. The zero-order valence-corrected chi connectivity index (χ0v) is 16.6. The molecule has 0 saturated carbocycles. The molecule has 1 aromatic heterocycles. The smallest absolute Gasteiger partial charge is 0.208 e. The summed E-state index contributed by atoms with van der Waals surface area (Å²) in [6, 6.07) is 16.1. The van der Waals surface area contributed by atoms with E-state index >= 15 is 0 Å². The fraction of sp³-hybridized carbons (Fsp3) is 0.250. The van der Waals surface area contributed by atoms with Crippen LogP contribution < -0.4 is 0 Å². The molecule has 0 fully saturated rings. The monoisotopic (exact) mass is 390 g/mol. The molecule has 138 valence electrons. The summed E-state index contributed by atoms with van der Waals surface area (Å²) < 4.78 is 25.5. The van der Waals surface area contributed by atoms with Crippen LogP contribution in [0.25, 0.3) is 10.9 Å². The SMILES string of the molecule is CN(C)CCCc1cccc2cc(S(=O)(=O)c3ccccc3)cnc12.Cl. The van der Waals surface area contributed by atoms with Crippen LogP contribution in [0.5, 0.6) is 0 Å². The fourth-order valence-corrected chi connectivity index (χ4v) is 4.14. The second-order valence-corrected chi connectivity index (χ2v) is 8.33. The second kappa shape index (κ2) is 8.62. The van der Waals surface area contributed by atoms with E-state index in [4.69, 9.17) is 0 Å². The van der Waals surface area contributed by atoms with Crippen molar-refractivity contribution < 1.29 is 8.42 Å². The van der Waals surface area contributed by atoms with Crippen LogP contribution in [0.2, 0.25) is 0 Å². The molecule has 0 radical (unpaired) electrons.